The monoisotopic (exact) mass is 209 g/mol. The van der Waals surface area contributed by atoms with Crippen LogP contribution in [0.1, 0.15) is 38.1 Å². The van der Waals surface area contributed by atoms with Gasteiger partial charge in [-0.1, -0.05) is 0 Å². The van der Waals surface area contributed by atoms with Crippen LogP contribution in [0.15, 0.2) is 18.2 Å². The van der Waals surface area contributed by atoms with Crippen molar-refractivity contribution in [3.63, 3.8) is 0 Å². The molecule has 0 saturated heterocycles. The molecule has 0 heterocycles. The zero-order valence-corrected chi connectivity index (χ0v) is 9.52. The van der Waals surface area contributed by atoms with E-state index in [1.807, 2.05) is 20.8 Å². The molecule has 0 atom stereocenters. The third-order valence-electron chi connectivity index (χ3n) is 1.82. The molecule has 3 heteroatoms. The third kappa shape index (κ3) is 3.70. The Balaban J connectivity index is 3.04. The minimum absolute atomic E-state index is 0.133. The van der Waals surface area contributed by atoms with E-state index in [1.165, 1.54) is 19.1 Å². The predicted octanol–water partition coefficient (Wildman–Crippen LogP) is 3.24. The lowest BCUT2D eigenvalue weighted by Gasteiger charge is -2.22. The molecule has 0 fully saturated rings. The van der Waals surface area contributed by atoms with Gasteiger partial charge < -0.3 is 5.32 Å². The third-order valence-corrected chi connectivity index (χ3v) is 1.82. The number of carbonyl (C=O) groups excluding carboxylic acids is 1. The molecule has 0 bridgehead atoms. The normalized spacial score (nSPS) is 11.3. The molecule has 0 amide bonds. The van der Waals surface area contributed by atoms with Gasteiger partial charge in [-0.2, -0.15) is 0 Å². The van der Waals surface area contributed by atoms with Crippen molar-refractivity contribution in [2.75, 3.05) is 5.32 Å². The van der Waals surface area contributed by atoms with Gasteiger partial charge in [-0.25, -0.2) is 4.39 Å². The van der Waals surface area contributed by atoms with Crippen LogP contribution < -0.4 is 5.32 Å². The molecule has 0 spiro atoms. The highest BCUT2D eigenvalue weighted by Crippen LogP contribution is 2.18. The van der Waals surface area contributed by atoms with Crippen molar-refractivity contribution in [1.82, 2.24) is 0 Å². The zero-order chi connectivity index (χ0) is 11.6. The number of Topliss-reactive ketones (excluding diaryl/α,β-unsaturated/α-hetero) is 1. The van der Waals surface area contributed by atoms with Crippen LogP contribution in [0.4, 0.5) is 10.1 Å². The van der Waals surface area contributed by atoms with Crippen LogP contribution in [0.5, 0.6) is 0 Å². The van der Waals surface area contributed by atoms with Crippen molar-refractivity contribution >= 4 is 11.5 Å². The lowest BCUT2D eigenvalue weighted by Crippen LogP contribution is -2.26. The van der Waals surface area contributed by atoms with Crippen LogP contribution in [0.25, 0.3) is 0 Å². The van der Waals surface area contributed by atoms with Gasteiger partial charge in [0.2, 0.25) is 0 Å². The van der Waals surface area contributed by atoms with Gasteiger partial charge in [-0.05, 0) is 45.9 Å². The highest BCUT2D eigenvalue weighted by Gasteiger charge is 2.11. The summed E-state index contributed by atoms with van der Waals surface area (Å²) in [6.07, 6.45) is 0. The second kappa shape index (κ2) is 4.01. The van der Waals surface area contributed by atoms with Gasteiger partial charge in [-0.15, -0.1) is 0 Å². The maximum Gasteiger partial charge on any atom is 0.159 e. The Morgan fingerprint density at radius 2 is 1.87 bits per heavy atom. The van der Waals surface area contributed by atoms with Gasteiger partial charge in [0.05, 0.1) is 0 Å². The number of hydrogen-bond acceptors (Lipinski definition) is 2. The first-order valence-electron chi connectivity index (χ1n) is 4.88. The summed E-state index contributed by atoms with van der Waals surface area (Å²) in [4.78, 5) is 11.1. The first-order chi connectivity index (χ1) is 6.78. The summed E-state index contributed by atoms with van der Waals surface area (Å²) < 4.78 is 13.2. The topological polar surface area (TPSA) is 29.1 Å². The fourth-order valence-corrected chi connectivity index (χ4v) is 1.30. The molecule has 0 saturated carbocycles. The van der Waals surface area contributed by atoms with Crippen LogP contribution in [-0.4, -0.2) is 11.3 Å². The Labute approximate surface area is 89.5 Å². The van der Waals surface area contributed by atoms with E-state index < -0.39 is 5.82 Å². The zero-order valence-electron chi connectivity index (χ0n) is 9.52. The van der Waals surface area contributed by atoms with Gasteiger partial charge in [-0.3, -0.25) is 4.79 Å². The second-order valence-electron chi connectivity index (χ2n) is 4.66. The van der Waals surface area contributed by atoms with Gasteiger partial charge in [0.1, 0.15) is 5.82 Å². The molecule has 1 aromatic rings. The molecule has 15 heavy (non-hydrogen) atoms. The van der Waals surface area contributed by atoms with Crippen LogP contribution in [-0.2, 0) is 0 Å². The second-order valence-corrected chi connectivity index (χ2v) is 4.66. The van der Waals surface area contributed by atoms with E-state index in [-0.39, 0.29) is 11.3 Å². The molecule has 0 aliphatic rings. The van der Waals surface area contributed by atoms with Gasteiger partial charge >= 0.3 is 0 Å². The minimum Gasteiger partial charge on any atom is -0.380 e. The summed E-state index contributed by atoms with van der Waals surface area (Å²) in [6, 6.07) is 4.30. The van der Waals surface area contributed by atoms with E-state index >= 15 is 0 Å². The molecule has 82 valence electrons. The number of halogens is 1. The molecule has 0 radical (unpaired) electrons. The first-order valence-corrected chi connectivity index (χ1v) is 4.88. The summed E-state index contributed by atoms with van der Waals surface area (Å²) in [7, 11) is 0. The highest BCUT2D eigenvalue weighted by atomic mass is 19.1. The fourth-order valence-electron chi connectivity index (χ4n) is 1.30. The van der Waals surface area contributed by atoms with Crippen molar-refractivity contribution in [3.05, 3.63) is 29.6 Å². The van der Waals surface area contributed by atoms with Crippen LogP contribution in [0, 0.1) is 5.82 Å². The summed E-state index contributed by atoms with van der Waals surface area (Å²) in [5.74, 6) is -0.527. The van der Waals surface area contributed by atoms with E-state index in [9.17, 15) is 9.18 Å². The maximum absolute atomic E-state index is 13.2. The maximum atomic E-state index is 13.2. The van der Waals surface area contributed by atoms with Gasteiger partial charge in [0, 0.05) is 16.8 Å². The van der Waals surface area contributed by atoms with E-state index in [4.69, 9.17) is 0 Å². The average Bonchev–Trinajstić information content (AvgIpc) is 1.99. The SMILES string of the molecule is CC(=O)c1cc(F)cc(NC(C)(C)C)c1. The van der Waals surface area contributed by atoms with Crippen molar-refractivity contribution in [1.29, 1.82) is 0 Å². The Bertz CT molecular complexity index is 380. The predicted molar refractivity (Wildman–Crippen MR) is 59.8 cm³/mol. The molecule has 0 aromatic heterocycles. The smallest absolute Gasteiger partial charge is 0.159 e. The van der Waals surface area contributed by atoms with Crippen molar-refractivity contribution in [3.8, 4) is 0 Å². The number of benzene rings is 1. The number of carbonyl (C=O) groups is 1. The van der Waals surface area contributed by atoms with E-state index in [1.54, 1.807) is 6.07 Å². The molecule has 0 unspecified atom stereocenters. The number of anilines is 1. The average molecular weight is 209 g/mol. The fraction of sp³-hybridized carbons (Fsp3) is 0.417. The molecule has 1 N–H and O–H groups in total. The van der Waals surface area contributed by atoms with Crippen LogP contribution in [0.2, 0.25) is 0 Å². The summed E-state index contributed by atoms with van der Waals surface area (Å²) in [5, 5.41) is 3.12. The van der Waals surface area contributed by atoms with Gasteiger partial charge in [0.15, 0.2) is 5.78 Å². The molecular formula is C12H16FNO. The quantitative estimate of drug-likeness (QED) is 0.757. The molecular weight excluding hydrogens is 193 g/mol. The standard InChI is InChI=1S/C12H16FNO/c1-8(15)9-5-10(13)7-11(6-9)14-12(2,3)4/h5-7,14H,1-4H3. The molecule has 1 aromatic carbocycles. The number of rotatable bonds is 2. The molecule has 2 nitrogen and oxygen atoms in total. The Morgan fingerprint density at radius 3 is 2.33 bits per heavy atom. The summed E-state index contributed by atoms with van der Waals surface area (Å²) in [5.41, 5.74) is 0.872. The van der Waals surface area contributed by atoms with Crippen molar-refractivity contribution in [2.24, 2.45) is 0 Å². The van der Waals surface area contributed by atoms with Gasteiger partial charge in [0.25, 0.3) is 0 Å². The highest BCUT2D eigenvalue weighted by molar-refractivity contribution is 5.95. The Morgan fingerprint density at radius 1 is 1.27 bits per heavy atom. The van der Waals surface area contributed by atoms with E-state index in [0.29, 0.717) is 11.3 Å². The number of hydrogen-bond donors (Lipinski definition) is 1. The minimum atomic E-state index is -0.394. The largest absolute Gasteiger partial charge is 0.380 e. The Hall–Kier alpha value is -1.38. The van der Waals surface area contributed by atoms with Crippen LogP contribution in [0.3, 0.4) is 0 Å². The van der Waals surface area contributed by atoms with E-state index in [0.717, 1.165) is 0 Å². The summed E-state index contributed by atoms with van der Waals surface area (Å²) in [6.45, 7) is 7.36. The van der Waals surface area contributed by atoms with E-state index in [2.05, 4.69) is 5.32 Å². The molecule has 0 aliphatic carbocycles. The molecule has 0 aliphatic heterocycles. The van der Waals surface area contributed by atoms with Crippen molar-refractivity contribution in [2.45, 2.75) is 33.2 Å². The number of ketones is 1. The van der Waals surface area contributed by atoms with Crippen LogP contribution >= 0.6 is 0 Å². The summed E-state index contributed by atoms with van der Waals surface area (Å²) >= 11 is 0. The lowest BCUT2D eigenvalue weighted by molar-refractivity contribution is 0.101. The Kier molecular flexibility index (Phi) is 3.12. The molecule has 1 rings (SSSR count). The van der Waals surface area contributed by atoms with Crippen molar-refractivity contribution < 1.29 is 9.18 Å². The first kappa shape index (κ1) is 11.7. The lowest BCUT2D eigenvalue weighted by atomic mass is 10.1. The number of nitrogens with one attached hydrogen (secondary N) is 1.